The van der Waals surface area contributed by atoms with Gasteiger partial charge in [0.15, 0.2) is 0 Å². The van der Waals surface area contributed by atoms with E-state index in [-0.39, 0.29) is 17.7 Å². The SMILES string of the molecule is CC(=O)NC(C)(C)/C=C/n1ncc(C(=O)NC2C3CC4CC(C3)CC2C4)c1C(C)C. The summed E-state index contributed by atoms with van der Waals surface area (Å²) in [6.45, 7) is 9.54. The first-order valence-corrected chi connectivity index (χ1v) is 11.5. The quantitative estimate of drug-likeness (QED) is 0.743. The molecule has 1 heterocycles. The Bertz CT molecular complexity index is 823. The van der Waals surface area contributed by atoms with Crippen molar-refractivity contribution in [2.45, 2.75) is 84.2 Å². The van der Waals surface area contributed by atoms with Crippen molar-refractivity contribution in [2.24, 2.45) is 23.7 Å². The Labute approximate surface area is 179 Å². The minimum atomic E-state index is -0.491. The molecule has 0 saturated heterocycles. The summed E-state index contributed by atoms with van der Waals surface area (Å²) in [5.41, 5.74) is 1.08. The summed E-state index contributed by atoms with van der Waals surface area (Å²) in [4.78, 5) is 24.7. The van der Waals surface area contributed by atoms with Crippen LogP contribution in [0.25, 0.3) is 6.20 Å². The number of carbonyl (C=O) groups is 2. The lowest BCUT2D eigenvalue weighted by Crippen LogP contribution is -2.55. The second kappa shape index (κ2) is 7.86. The number of rotatable bonds is 6. The summed E-state index contributed by atoms with van der Waals surface area (Å²) in [5.74, 6) is 3.18. The van der Waals surface area contributed by atoms with Gasteiger partial charge in [-0.15, -0.1) is 0 Å². The average Bonchev–Trinajstić information content (AvgIpc) is 3.06. The molecule has 6 nitrogen and oxygen atoms in total. The first-order chi connectivity index (χ1) is 14.1. The average molecular weight is 413 g/mol. The fraction of sp³-hybridized carbons (Fsp3) is 0.708. The molecule has 0 spiro atoms. The molecule has 0 aliphatic heterocycles. The van der Waals surface area contributed by atoms with Crippen LogP contribution in [0.3, 0.4) is 0 Å². The molecule has 4 saturated carbocycles. The molecule has 4 aliphatic carbocycles. The van der Waals surface area contributed by atoms with Gasteiger partial charge in [-0.3, -0.25) is 9.59 Å². The summed E-state index contributed by atoms with van der Waals surface area (Å²) in [6, 6.07) is 0.322. The van der Waals surface area contributed by atoms with Crippen LogP contribution in [0.5, 0.6) is 0 Å². The Morgan fingerprint density at radius 1 is 1.13 bits per heavy atom. The molecule has 4 fully saturated rings. The van der Waals surface area contributed by atoms with E-state index in [0.29, 0.717) is 23.4 Å². The molecule has 4 aliphatic rings. The highest BCUT2D eigenvalue weighted by Crippen LogP contribution is 2.53. The Morgan fingerprint density at radius 3 is 2.27 bits per heavy atom. The largest absolute Gasteiger partial charge is 0.349 e. The smallest absolute Gasteiger partial charge is 0.255 e. The van der Waals surface area contributed by atoms with Crippen LogP contribution in [0.1, 0.15) is 88.7 Å². The van der Waals surface area contributed by atoms with Crippen molar-refractivity contribution in [2.75, 3.05) is 0 Å². The Hall–Kier alpha value is -2.11. The predicted molar refractivity (Wildman–Crippen MR) is 118 cm³/mol. The van der Waals surface area contributed by atoms with Crippen LogP contribution in [0, 0.1) is 23.7 Å². The van der Waals surface area contributed by atoms with Crippen molar-refractivity contribution in [3.63, 3.8) is 0 Å². The number of aromatic nitrogens is 2. The molecule has 4 bridgehead atoms. The summed E-state index contributed by atoms with van der Waals surface area (Å²) in [6.07, 6.45) is 12.0. The maximum Gasteiger partial charge on any atom is 0.255 e. The van der Waals surface area contributed by atoms with E-state index < -0.39 is 5.54 Å². The third kappa shape index (κ3) is 4.19. The molecule has 1 aromatic heterocycles. The summed E-state index contributed by atoms with van der Waals surface area (Å²) < 4.78 is 1.78. The molecule has 164 valence electrons. The molecule has 0 atom stereocenters. The third-order valence-corrected chi connectivity index (χ3v) is 7.28. The lowest BCUT2D eigenvalue weighted by Gasteiger charge is -2.54. The van der Waals surface area contributed by atoms with E-state index >= 15 is 0 Å². The molecule has 1 aromatic rings. The van der Waals surface area contributed by atoms with Crippen LogP contribution >= 0.6 is 0 Å². The molecule has 5 rings (SSSR count). The standard InChI is InChI=1S/C24H36N4O2/c1-14(2)22-20(13-25-28(22)7-6-24(4,5)27-15(3)29)23(30)26-21-18-9-16-8-17(11-18)12-19(21)10-16/h6-7,13-14,16-19,21H,8-12H2,1-5H3,(H,26,30)(H,27,29)/b7-6+. The molecule has 6 heteroatoms. The number of hydrogen-bond acceptors (Lipinski definition) is 3. The van der Waals surface area contributed by atoms with Crippen molar-refractivity contribution < 1.29 is 9.59 Å². The van der Waals surface area contributed by atoms with Gasteiger partial charge in [0, 0.05) is 19.2 Å². The number of nitrogens with one attached hydrogen (secondary N) is 2. The van der Waals surface area contributed by atoms with Crippen molar-refractivity contribution in [3.8, 4) is 0 Å². The van der Waals surface area contributed by atoms with Gasteiger partial charge in [0.05, 0.1) is 23.0 Å². The monoisotopic (exact) mass is 412 g/mol. The van der Waals surface area contributed by atoms with E-state index in [1.54, 1.807) is 10.9 Å². The molecule has 2 N–H and O–H groups in total. The van der Waals surface area contributed by atoms with Crippen LogP contribution < -0.4 is 10.6 Å². The van der Waals surface area contributed by atoms with Crippen molar-refractivity contribution in [1.29, 1.82) is 0 Å². The molecule has 0 unspecified atom stereocenters. The van der Waals surface area contributed by atoms with Gasteiger partial charge in [-0.2, -0.15) is 5.10 Å². The van der Waals surface area contributed by atoms with Gasteiger partial charge in [-0.25, -0.2) is 4.68 Å². The number of amides is 2. The summed E-state index contributed by atoms with van der Waals surface area (Å²) >= 11 is 0. The van der Waals surface area contributed by atoms with E-state index in [9.17, 15) is 9.59 Å². The predicted octanol–water partition coefficient (Wildman–Crippen LogP) is 3.95. The van der Waals surface area contributed by atoms with Gasteiger partial charge in [0.25, 0.3) is 5.91 Å². The van der Waals surface area contributed by atoms with Gasteiger partial charge in [-0.1, -0.05) is 13.8 Å². The van der Waals surface area contributed by atoms with Crippen molar-refractivity contribution in [3.05, 3.63) is 23.5 Å². The normalized spacial score (nSPS) is 30.3. The highest BCUT2D eigenvalue weighted by atomic mass is 16.2. The van der Waals surface area contributed by atoms with Gasteiger partial charge in [-0.05, 0) is 81.6 Å². The minimum absolute atomic E-state index is 0.0111. The fourth-order valence-corrected chi connectivity index (χ4v) is 6.38. The second-order valence-electron chi connectivity index (χ2n) is 10.7. The lowest BCUT2D eigenvalue weighted by molar-refractivity contribution is -0.120. The highest BCUT2D eigenvalue weighted by Gasteiger charge is 2.48. The zero-order valence-electron chi connectivity index (χ0n) is 18.9. The Kier molecular flexibility index (Phi) is 5.54. The van der Waals surface area contributed by atoms with E-state index in [1.165, 1.54) is 39.0 Å². The topological polar surface area (TPSA) is 76.0 Å². The van der Waals surface area contributed by atoms with E-state index in [4.69, 9.17) is 0 Å². The third-order valence-electron chi connectivity index (χ3n) is 7.28. The second-order valence-corrected chi connectivity index (χ2v) is 10.7. The maximum absolute atomic E-state index is 13.3. The molecule has 30 heavy (non-hydrogen) atoms. The Morgan fingerprint density at radius 2 is 1.73 bits per heavy atom. The highest BCUT2D eigenvalue weighted by molar-refractivity contribution is 5.95. The zero-order valence-corrected chi connectivity index (χ0v) is 18.9. The van der Waals surface area contributed by atoms with Crippen LogP contribution in [0.4, 0.5) is 0 Å². The molecular weight excluding hydrogens is 376 g/mol. The molecule has 0 radical (unpaired) electrons. The van der Waals surface area contributed by atoms with Crippen LogP contribution in [-0.2, 0) is 4.79 Å². The molecule has 0 aromatic carbocycles. The zero-order chi connectivity index (χ0) is 21.6. The van der Waals surface area contributed by atoms with Gasteiger partial charge >= 0.3 is 0 Å². The van der Waals surface area contributed by atoms with Crippen LogP contribution in [0.15, 0.2) is 12.3 Å². The maximum atomic E-state index is 13.3. The fourth-order valence-electron chi connectivity index (χ4n) is 6.38. The van der Waals surface area contributed by atoms with Gasteiger partial charge in [0.2, 0.25) is 5.91 Å². The number of carbonyl (C=O) groups excluding carboxylic acids is 2. The van der Waals surface area contributed by atoms with E-state index in [0.717, 1.165) is 17.5 Å². The lowest BCUT2D eigenvalue weighted by atomic mass is 9.54. The number of hydrogen-bond donors (Lipinski definition) is 2. The minimum Gasteiger partial charge on any atom is -0.349 e. The molecular formula is C24H36N4O2. The van der Waals surface area contributed by atoms with Gasteiger partial charge < -0.3 is 10.6 Å². The van der Waals surface area contributed by atoms with Crippen molar-refractivity contribution >= 4 is 18.0 Å². The van der Waals surface area contributed by atoms with Gasteiger partial charge in [0.1, 0.15) is 0 Å². The van der Waals surface area contributed by atoms with E-state index in [2.05, 4.69) is 29.6 Å². The van der Waals surface area contributed by atoms with Crippen LogP contribution in [0.2, 0.25) is 0 Å². The van der Waals surface area contributed by atoms with E-state index in [1.807, 2.05) is 26.1 Å². The molecule has 2 amide bonds. The number of nitrogens with zero attached hydrogens (tertiary/aromatic N) is 2. The Balaban J connectivity index is 1.51. The van der Waals surface area contributed by atoms with Crippen molar-refractivity contribution in [1.82, 2.24) is 20.4 Å². The van der Waals surface area contributed by atoms with Crippen LogP contribution in [-0.4, -0.2) is 33.2 Å². The summed E-state index contributed by atoms with van der Waals surface area (Å²) in [7, 11) is 0. The summed E-state index contributed by atoms with van der Waals surface area (Å²) in [5, 5.41) is 10.8. The first-order valence-electron chi connectivity index (χ1n) is 11.5. The first kappa shape index (κ1) is 21.1.